The van der Waals surface area contributed by atoms with Crippen LogP contribution in [0.15, 0.2) is 24.3 Å². The molecule has 1 N–H and O–H groups in total. The monoisotopic (exact) mass is 313 g/mol. The predicted molar refractivity (Wildman–Crippen MR) is 77.8 cm³/mol. The van der Waals surface area contributed by atoms with Crippen molar-refractivity contribution in [1.82, 2.24) is 4.57 Å². The Morgan fingerprint density at radius 3 is 2.36 bits per heavy atom. The van der Waals surface area contributed by atoms with Crippen molar-refractivity contribution in [3.63, 3.8) is 0 Å². The van der Waals surface area contributed by atoms with E-state index in [1.165, 1.54) is 6.07 Å². The Kier molecular flexibility index (Phi) is 4.22. The lowest BCUT2D eigenvalue weighted by atomic mass is 10.1. The van der Waals surface area contributed by atoms with E-state index in [0.717, 1.165) is 17.8 Å². The number of nitrogens with zero attached hydrogens (tertiary/aromatic N) is 1. The lowest BCUT2D eigenvalue weighted by Gasteiger charge is -2.17. The zero-order chi connectivity index (χ0) is 16.7. The second kappa shape index (κ2) is 5.66. The Labute approximate surface area is 126 Å². The van der Waals surface area contributed by atoms with Gasteiger partial charge in [-0.1, -0.05) is 13.0 Å². The molecule has 0 aliphatic heterocycles. The first kappa shape index (κ1) is 16.4. The summed E-state index contributed by atoms with van der Waals surface area (Å²) in [5.41, 5.74) is 0.523. The number of carbonyl (C=O) groups is 1. The average molecular weight is 313 g/mol. The summed E-state index contributed by atoms with van der Waals surface area (Å²) in [7, 11) is 0. The SMILES string of the molecule is CC(Cc1cc2ccc(C(F)(F)F)cc2n1C(C)C)C(=O)O. The Morgan fingerprint density at radius 2 is 1.86 bits per heavy atom. The minimum absolute atomic E-state index is 0.0584. The fourth-order valence-corrected chi connectivity index (χ4v) is 2.62. The van der Waals surface area contributed by atoms with Crippen LogP contribution in [0.25, 0.3) is 10.9 Å². The molecule has 2 aromatic rings. The standard InChI is InChI=1S/C16H18F3NO2/c1-9(2)20-13(6-10(3)15(21)22)7-11-4-5-12(8-14(11)20)16(17,18)19/h4-5,7-10H,6H2,1-3H3,(H,21,22). The molecule has 0 radical (unpaired) electrons. The fraction of sp³-hybridized carbons (Fsp3) is 0.438. The van der Waals surface area contributed by atoms with Crippen molar-refractivity contribution in [2.24, 2.45) is 5.92 Å². The van der Waals surface area contributed by atoms with Crippen LogP contribution in [0.4, 0.5) is 13.2 Å². The van der Waals surface area contributed by atoms with Gasteiger partial charge in [0.25, 0.3) is 0 Å². The molecule has 2 rings (SSSR count). The highest BCUT2D eigenvalue weighted by molar-refractivity contribution is 5.82. The van der Waals surface area contributed by atoms with E-state index in [2.05, 4.69) is 0 Å². The van der Waals surface area contributed by atoms with Gasteiger partial charge in [0.2, 0.25) is 0 Å². The molecule has 22 heavy (non-hydrogen) atoms. The fourth-order valence-electron chi connectivity index (χ4n) is 2.62. The van der Waals surface area contributed by atoms with Crippen molar-refractivity contribution >= 4 is 16.9 Å². The number of aromatic nitrogens is 1. The molecule has 0 fully saturated rings. The van der Waals surface area contributed by atoms with Gasteiger partial charge >= 0.3 is 12.1 Å². The van der Waals surface area contributed by atoms with Crippen LogP contribution in [-0.2, 0) is 17.4 Å². The van der Waals surface area contributed by atoms with Gasteiger partial charge in [0, 0.05) is 23.7 Å². The summed E-state index contributed by atoms with van der Waals surface area (Å²) in [6.07, 6.45) is -4.11. The van der Waals surface area contributed by atoms with Crippen LogP contribution < -0.4 is 0 Å². The molecule has 3 nitrogen and oxygen atoms in total. The number of carboxylic acid groups (broad SMARTS) is 1. The zero-order valence-corrected chi connectivity index (χ0v) is 12.6. The van der Waals surface area contributed by atoms with Crippen molar-refractivity contribution in [1.29, 1.82) is 0 Å². The van der Waals surface area contributed by atoms with Gasteiger partial charge in [-0.2, -0.15) is 13.2 Å². The second-order valence-corrected chi connectivity index (χ2v) is 5.81. The molecule has 1 unspecified atom stereocenters. The summed E-state index contributed by atoms with van der Waals surface area (Å²) in [6.45, 7) is 5.33. The lowest BCUT2D eigenvalue weighted by Crippen LogP contribution is -2.16. The van der Waals surface area contributed by atoms with E-state index in [0.29, 0.717) is 10.9 Å². The van der Waals surface area contributed by atoms with E-state index < -0.39 is 23.6 Å². The zero-order valence-electron chi connectivity index (χ0n) is 12.6. The average Bonchev–Trinajstić information content (AvgIpc) is 2.74. The van der Waals surface area contributed by atoms with Gasteiger partial charge in [0.1, 0.15) is 0 Å². The van der Waals surface area contributed by atoms with E-state index in [-0.39, 0.29) is 12.5 Å². The number of fused-ring (bicyclic) bond motifs is 1. The topological polar surface area (TPSA) is 42.2 Å². The molecule has 1 aromatic carbocycles. The Hall–Kier alpha value is -1.98. The van der Waals surface area contributed by atoms with Crippen molar-refractivity contribution in [2.75, 3.05) is 0 Å². The summed E-state index contributed by atoms with van der Waals surface area (Å²) in [4.78, 5) is 11.0. The number of benzene rings is 1. The highest BCUT2D eigenvalue weighted by atomic mass is 19.4. The third-order valence-corrected chi connectivity index (χ3v) is 3.70. The van der Waals surface area contributed by atoms with Gasteiger partial charge in [0.15, 0.2) is 0 Å². The van der Waals surface area contributed by atoms with Crippen LogP contribution in [-0.4, -0.2) is 15.6 Å². The number of aliphatic carboxylic acids is 1. The largest absolute Gasteiger partial charge is 0.481 e. The molecule has 6 heteroatoms. The van der Waals surface area contributed by atoms with Crippen molar-refractivity contribution in [3.8, 4) is 0 Å². The first-order valence-corrected chi connectivity index (χ1v) is 7.05. The first-order chi connectivity index (χ1) is 10.1. The molecule has 120 valence electrons. The number of rotatable bonds is 4. The first-order valence-electron chi connectivity index (χ1n) is 7.05. The molecular formula is C16H18F3NO2. The Balaban J connectivity index is 2.58. The molecule has 0 bridgehead atoms. The van der Waals surface area contributed by atoms with E-state index in [9.17, 15) is 18.0 Å². The molecule has 0 aliphatic carbocycles. The van der Waals surface area contributed by atoms with Crippen LogP contribution in [0, 0.1) is 5.92 Å². The predicted octanol–water partition coefficient (Wildman–Crippen LogP) is 4.50. The number of hydrogen-bond acceptors (Lipinski definition) is 1. The minimum atomic E-state index is -4.39. The van der Waals surface area contributed by atoms with Gasteiger partial charge in [0.05, 0.1) is 11.5 Å². The van der Waals surface area contributed by atoms with Crippen LogP contribution in [0.1, 0.15) is 38.1 Å². The summed E-state index contributed by atoms with van der Waals surface area (Å²) in [6, 6.07) is 5.33. The molecular weight excluding hydrogens is 295 g/mol. The van der Waals surface area contributed by atoms with Gasteiger partial charge in [-0.05, 0) is 37.4 Å². The molecule has 1 atom stereocenters. The van der Waals surface area contributed by atoms with E-state index >= 15 is 0 Å². The van der Waals surface area contributed by atoms with Gasteiger partial charge in [-0.3, -0.25) is 4.79 Å². The van der Waals surface area contributed by atoms with E-state index in [1.807, 2.05) is 13.8 Å². The van der Waals surface area contributed by atoms with Crippen LogP contribution in [0.2, 0.25) is 0 Å². The molecule has 0 saturated heterocycles. The Bertz CT molecular complexity index is 701. The van der Waals surface area contributed by atoms with Crippen LogP contribution in [0.5, 0.6) is 0 Å². The normalized spacial score (nSPS) is 13.8. The molecule has 0 saturated carbocycles. The third kappa shape index (κ3) is 3.10. The molecule has 0 spiro atoms. The number of alkyl halides is 3. The second-order valence-electron chi connectivity index (χ2n) is 5.81. The summed E-state index contributed by atoms with van der Waals surface area (Å²) < 4.78 is 40.4. The summed E-state index contributed by atoms with van der Waals surface area (Å²) in [5.74, 6) is -1.51. The molecule has 0 aliphatic rings. The summed E-state index contributed by atoms with van der Waals surface area (Å²) >= 11 is 0. The Morgan fingerprint density at radius 1 is 1.23 bits per heavy atom. The molecule has 0 amide bonds. The van der Waals surface area contributed by atoms with Crippen LogP contribution >= 0.6 is 0 Å². The number of hydrogen-bond donors (Lipinski definition) is 1. The summed E-state index contributed by atoms with van der Waals surface area (Å²) in [5, 5.41) is 9.73. The minimum Gasteiger partial charge on any atom is -0.481 e. The maximum atomic E-state index is 12.9. The van der Waals surface area contributed by atoms with Gasteiger partial charge < -0.3 is 9.67 Å². The highest BCUT2D eigenvalue weighted by Crippen LogP contribution is 2.34. The smallest absolute Gasteiger partial charge is 0.416 e. The third-order valence-electron chi connectivity index (χ3n) is 3.70. The lowest BCUT2D eigenvalue weighted by molar-refractivity contribution is -0.141. The highest BCUT2D eigenvalue weighted by Gasteiger charge is 2.31. The van der Waals surface area contributed by atoms with Crippen molar-refractivity contribution < 1.29 is 23.1 Å². The van der Waals surface area contributed by atoms with E-state index in [1.54, 1.807) is 17.6 Å². The maximum absolute atomic E-state index is 12.9. The van der Waals surface area contributed by atoms with Crippen LogP contribution in [0.3, 0.4) is 0 Å². The van der Waals surface area contributed by atoms with Crippen molar-refractivity contribution in [3.05, 3.63) is 35.5 Å². The van der Waals surface area contributed by atoms with Gasteiger partial charge in [-0.15, -0.1) is 0 Å². The number of carboxylic acids is 1. The quantitative estimate of drug-likeness (QED) is 0.902. The molecule has 1 aromatic heterocycles. The maximum Gasteiger partial charge on any atom is 0.416 e. The van der Waals surface area contributed by atoms with E-state index in [4.69, 9.17) is 5.11 Å². The van der Waals surface area contributed by atoms with Gasteiger partial charge in [-0.25, -0.2) is 0 Å². The number of halogens is 3. The van der Waals surface area contributed by atoms with Crippen molar-refractivity contribution in [2.45, 2.75) is 39.4 Å². The molecule has 1 heterocycles.